The van der Waals surface area contributed by atoms with Crippen molar-refractivity contribution in [2.24, 2.45) is 35.0 Å². The van der Waals surface area contributed by atoms with Crippen LogP contribution >= 0.6 is 0 Å². The second-order valence-corrected chi connectivity index (χ2v) is 22.8. The Morgan fingerprint density at radius 1 is 0.321 bits per heavy atom. The maximum atomic E-state index is 13.8. The zero-order chi connectivity index (χ0) is 61.5. The Bertz CT molecular complexity index is 1890. The van der Waals surface area contributed by atoms with Crippen LogP contribution in [-0.2, 0) is 47.9 Å². The van der Waals surface area contributed by atoms with Crippen LogP contribution < -0.4 is 65.1 Å². The van der Waals surface area contributed by atoms with E-state index in [9.17, 15) is 53.1 Å². The fourth-order valence-electron chi connectivity index (χ4n) is 8.93. The molecule has 0 aromatic rings. The van der Waals surface area contributed by atoms with Gasteiger partial charge in [-0.1, -0.05) is 126 Å². The van der Waals surface area contributed by atoms with Crippen molar-refractivity contribution in [2.75, 3.05) is 19.6 Å². The smallest absolute Gasteiger partial charge is 0.326 e. The van der Waals surface area contributed by atoms with E-state index in [1.54, 1.807) is 41.5 Å². The molecule has 0 spiro atoms. The van der Waals surface area contributed by atoms with Crippen molar-refractivity contribution in [3.63, 3.8) is 0 Å². The molecule has 0 aliphatic rings. The number of amides is 9. The standard InChI is InChI=1S/C58H110N12O11/c1-11-12-13-14-15-16-17-18-19-20-21-22-23-33-46(71)68-47(37(2)3)56(78)70-49(39(6)7)57(79)69-48(38(4)5)55(77)64-41(9)51(73)62-40(8)50(72)63-42(10)52(74)65-43(30-24-27-34-59)53(75)66-44(31-25-28-35-60)54(76)67-45(58(80)81)32-26-29-36-61/h37-45,47-49H,11-36,59-61H2,1-10H3,(H,62,73)(H,63,72)(H,64,77)(H,65,74)(H,66,75)(H,67,76)(H,68,71)(H,69,79)(H,70,78)(H,80,81)/t40-,41-,42-,43-,44-,45-,47-,48-,49-/m0/s1. The van der Waals surface area contributed by atoms with E-state index in [2.05, 4.69) is 54.8 Å². The van der Waals surface area contributed by atoms with Gasteiger partial charge in [0.2, 0.25) is 53.2 Å². The van der Waals surface area contributed by atoms with Gasteiger partial charge < -0.3 is 70.2 Å². The highest BCUT2D eigenvalue weighted by molar-refractivity contribution is 5.98. The van der Waals surface area contributed by atoms with E-state index in [1.807, 2.05) is 0 Å². The highest BCUT2D eigenvalue weighted by atomic mass is 16.4. The van der Waals surface area contributed by atoms with Crippen LogP contribution in [0.15, 0.2) is 0 Å². The largest absolute Gasteiger partial charge is 0.480 e. The van der Waals surface area contributed by atoms with Crippen LogP contribution in [0.4, 0.5) is 0 Å². The number of carbonyl (C=O) groups excluding carboxylic acids is 9. The third-order valence-electron chi connectivity index (χ3n) is 14.2. The van der Waals surface area contributed by atoms with Crippen molar-refractivity contribution in [1.82, 2.24) is 47.9 Å². The molecule has 9 atom stereocenters. The maximum Gasteiger partial charge on any atom is 0.326 e. The molecule has 23 heteroatoms. The molecule has 9 amide bonds. The quantitative estimate of drug-likeness (QED) is 0.0389. The first kappa shape index (κ1) is 75.6. The first-order valence-electron chi connectivity index (χ1n) is 30.4. The van der Waals surface area contributed by atoms with Gasteiger partial charge in [-0.3, -0.25) is 43.2 Å². The van der Waals surface area contributed by atoms with E-state index >= 15 is 0 Å². The lowest BCUT2D eigenvalue weighted by Crippen LogP contribution is -2.61. The number of carboxylic acid groups (broad SMARTS) is 1. The van der Waals surface area contributed by atoms with Crippen molar-refractivity contribution in [1.29, 1.82) is 0 Å². The Morgan fingerprint density at radius 2 is 0.605 bits per heavy atom. The van der Waals surface area contributed by atoms with Crippen LogP contribution in [0.1, 0.15) is 217 Å². The van der Waals surface area contributed by atoms with Gasteiger partial charge >= 0.3 is 5.97 Å². The highest BCUT2D eigenvalue weighted by Gasteiger charge is 2.35. The third kappa shape index (κ3) is 33.3. The lowest BCUT2D eigenvalue weighted by Gasteiger charge is -2.30. The van der Waals surface area contributed by atoms with Crippen molar-refractivity contribution in [3.05, 3.63) is 0 Å². The fraction of sp³-hybridized carbons (Fsp3) is 0.828. The van der Waals surface area contributed by atoms with E-state index in [1.165, 1.54) is 78.6 Å². The predicted molar refractivity (Wildman–Crippen MR) is 316 cm³/mol. The summed E-state index contributed by atoms with van der Waals surface area (Å²) in [6, 6.07) is -10.3. The van der Waals surface area contributed by atoms with Crippen LogP contribution in [0.5, 0.6) is 0 Å². The average Bonchev–Trinajstić information content (AvgIpc) is 3.40. The van der Waals surface area contributed by atoms with Crippen molar-refractivity contribution in [3.8, 4) is 0 Å². The molecule has 0 aliphatic heterocycles. The molecule has 0 aromatic heterocycles. The molecule has 0 aliphatic carbocycles. The molecule has 23 nitrogen and oxygen atoms in total. The molecular weight excluding hydrogens is 1040 g/mol. The van der Waals surface area contributed by atoms with E-state index in [0.717, 1.165) is 19.3 Å². The molecule has 0 fully saturated rings. The zero-order valence-corrected chi connectivity index (χ0v) is 51.1. The molecule has 0 saturated carbocycles. The minimum Gasteiger partial charge on any atom is -0.480 e. The van der Waals surface area contributed by atoms with Crippen molar-refractivity contribution in [2.45, 2.75) is 271 Å². The Labute approximate surface area is 484 Å². The summed E-state index contributed by atoms with van der Waals surface area (Å²) in [5.41, 5.74) is 16.9. The van der Waals surface area contributed by atoms with E-state index < -0.39 is 119 Å². The second kappa shape index (κ2) is 44.2. The number of nitrogens with two attached hydrogens (primary N) is 3. The predicted octanol–water partition coefficient (Wildman–Crippen LogP) is 3.33. The van der Waals surface area contributed by atoms with Gasteiger partial charge in [0.15, 0.2) is 0 Å². The van der Waals surface area contributed by atoms with Gasteiger partial charge in [0.25, 0.3) is 0 Å². The second-order valence-electron chi connectivity index (χ2n) is 22.8. The summed E-state index contributed by atoms with van der Waals surface area (Å²) < 4.78 is 0. The summed E-state index contributed by atoms with van der Waals surface area (Å²) in [5, 5.41) is 33.5. The first-order valence-corrected chi connectivity index (χ1v) is 30.4. The number of nitrogens with one attached hydrogen (secondary N) is 9. The number of rotatable bonds is 47. The number of carboxylic acids is 1. The number of unbranched alkanes of at least 4 members (excludes halogenated alkanes) is 15. The normalized spacial score (nSPS) is 14.7. The first-order chi connectivity index (χ1) is 38.4. The van der Waals surface area contributed by atoms with Gasteiger partial charge in [0, 0.05) is 6.42 Å². The van der Waals surface area contributed by atoms with Gasteiger partial charge in [-0.2, -0.15) is 0 Å². The van der Waals surface area contributed by atoms with Crippen molar-refractivity contribution < 1.29 is 53.1 Å². The summed E-state index contributed by atoms with van der Waals surface area (Å²) in [5.74, 6) is -8.23. The minimum atomic E-state index is -1.24. The van der Waals surface area contributed by atoms with Crippen LogP contribution in [0.25, 0.3) is 0 Å². The Morgan fingerprint density at radius 3 is 0.951 bits per heavy atom. The number of hydrogen-bond acceptors (Lipinski definition) is 13. The van der Waals surface area contributed by atoms with Gasteiger partial charge in [-0.15, -0.1) is 0 Å². The molecule has 0 unspecified atom stereocenters. The average molecular weight is 1150 g/mol. The molecule has 81 heavy (non-hydrogen) atoms. The lowest BCUT2D eigenvalue weighted by atomic mass is 9.97. The molecule has 0 radical (unpaired) electrons. The van der Waals surface area contributed by atoms with E-state index in [0.29, 0.717) is 64.6 Å². The zero-order valence-electron chi connectivity index (χ0n) is 51.1. The molecule has 0 heterocycles. The third-order valence-corrected chi connectivity index (χ3v) is 14.2. The van der Waals surface area contributed by atoms with Crippen LogP contribution in [-0.4, -0.2) is 138 Å². The molecular formula is C58H110N12O11. The molecule has 0 aromatic carbocycles. The van der Waals surface area contributed by atoms with E-state index in [-0.39, 0.29) is 37.5 Å². The molecule has 16 N–H and O–H groups in total. The summed E-state index contributed by atoms with van der Waals surface area (Å²) in [7, 11) is 0. The molecule has 0 saturated heterocycles. The van der Waals surface area contributed by atoms with Gasteiger partial charge in [0.1, 0.15) is 54.4 Å². The van der Waals surface area contributed by atoms with Crippen LogP contribution in [0.3, 0.4) is 0 Å². The molecule has 0 bridgehead atoms. The number of carbonyl (C=O) groups is 10. The minimum absolute atomic E-state index is 0.120. The molecule has 468 valence electrons. The SMILES string of the molecule is CCCCCCCCCCCCCCCC(=O)N[C@H](C(=O)N[C@H](C(=O)N[C@H](C(=O)N[C@@H](C)C(=O)N[C@@H](C)C(=O)N[C@@H](C)C(=O)N[C@@H](CCCCN)C(=O)N[C@@H](CCCCN)C(=O)N[C@@H](CCCCN)C(=O)O)C(C)C)C(C)C)C(C)C. The highest BCUT2D eigenvalue weighted by Crippen LogP contribution is 2.15. The fourth-order valence-corrected chi connectivity index (χ4v) is 8.93. The van der Waals surface area contributed by atoms with Crippen molar-refractivity contribution >= 4 is 59.1 Å². The maximum absolute atomic E-state index is 13.8. The lowest BCUT2D eigenvalue weighted by molar-refractivity contribution is -0.142. The Balaban J connectivity index is 5.57. The Kier molecular flexibility index (Phi) is 41.2. The van der Waals surface area contributed by atoms with Crippen LogP contribution in [0, 0.1) is 17.8 Å². The summed E-state index contributed by atoms with van der Waals surface area (Å²) >= 11 is 0. The summed E-state index contributed by atoms with van der Waals surface area (Å²) in [6.07, 6.45) is 19.0. The number of hydrogen-bond donors (Lipinski definition) is 13. The monoisotopic (exact) mass is 1150 g/mol. The molecule has 0 rings (SSSR count). The van der Waals surface area contributed by atoms with Gasteiger partial charge in [0.05, 0.1) is 0 Å². The van der Waals surface area contributed by atoms with E-state index in [4.69, 9.17) is 17.2 Å². The Hall–Kier alpha value is -5.42. The number of aliphatic carboxylic acids is 1. The van der Waals surface area contributed by atoms with Gasteiger partial charge in [-0.25, -0.2) is 4.79 Å². The van der Waals surface area contributed by atoms with Gasteiger partial charge in [-0.05, 0) is 122 Å². The topological polar surface area (TPSA) is 377 Å². The summed E-state index contributed by atoms with van der Waals surface area (Å²) in [4.78, 5) is 133. The summed E-state index contributed by atoms with van der Waals surface area (Å²) in [6.45, 7) is 17.8. The van der Waals surface area contributed by atoms with Crippen LogP contribution in [0.2, 0.25) is 0 Å².